The van der Waals surface area contributed by atoms with Crippen LogP contribution in [-0.2, 0) is 0 Å². The molecule has 2 heteroatoms. The van der Waals surface area contributed by atoms with E-state index >= 15 is 0 Å². The van der Waals surface area contributed by atoms with Crippen molar-refractivity contribution in [2.24, 2.45) is 0 Å². The summed E-state index contributed by atoms with van der Waals surface area (Å²) in [6, 6.07) is 0. The van der Waals surface area contributed by atoms with Gasteiger partial charge in [0.1, 0.15) is 0 Å². The summed E-state index contributed by atoms with van der Waals surface area (Å²) < 4.78 is 0. The first-order chi connectivity index (χ1) is 4.77. The Balaban J connectivity index is 2.30. The second kappa shape index (κ2) is 3.05. The molecule has 1 aliphatic heterocycles. The van der Waals surface area contributed by atoms with E-state index in [2.05, 4.69) is 23.5 Å². The minimum atomic E-state index is 0.242. The van der Waals surface area contributed by atoms with Gasteiger partial charge in [-0.3, -0.25) is 5.32 Å². The summed E-state index contributed by atoms with van der Waals surface area (Å²) in [6.07, 6.45) is 6.31. The fourth-order valence-corrected chi connectivity index (χ4v) is 1.23. The average Bonchev–Trinajstić information content (AvgIpc) is 2.33. The van der Waals surface area contributed by atoms with Gasteiger partial charge >= 0.3 is 0 Å². The smallest absolute Gasteiger partial charge is 0.0578 e. The molecule has 1 fully saturated rings. The topological polar surface area (TPSA) is 24.1 Å². The van der Waals surface area contributed by atoms with E-state index in [0.717, 1.165) is 13.1 Å². The lowest BCUT2D eigenvalue weighted by molar-refractivity contribution is 0.410. The van der Waals surface area contributed by atoms with E-state index in [0.29, 0.717) is 6.54 Å². The standard InChI is InChI=1S/C8H14N2/c1-3-5-10-8(2)4-6-9-7-8/h1,9-10H,4-7H2,2H3. The molecule has 10 heavy (non-hydrogen) atoms. The summed E-state index contributed by atoms with van der Waals surface area (Å²) in [4.78, 5) is 0. The molecule has 1 heterocycles. The predicted molar refractivity (Wildman–Crippen MR) is 42.7 cm³/mol. The van der Waals surface area contributed by atoms with Crippen LogP contribution in [0.25, 0.3) is 0 Å². The second-order valence-electron chi connectivity index (χ2n) is 3.05. The highest BCUT2D eigenvalue weighted by molar-refractivity contribution is 4.96. The van der Waals surface area contributed by atoms with Crippen LogP contribution in [-0.4, -0.2) is 25.2 Å². The maximum absolute atomic E-state index is 5.13. The van der Waals surface area contributed by atoms with Gasteiger partial charge in [-0.05, 0) is 19.9 Å². The first-order valence-corrected chi connectivity index (χ1v) is 3.66. The van der Waals surface area contributed by atoms with E-state index in [1.807, 2.05) is 0 Å². The van der Waals surface area contributed by atoms with Crippen molar-refractivity contribution >= 4 is 0 Å². The molecule has 0 aliphatic carbocycles. The van der Waals surface area contributed by atoms with Gasteiger partial charge in [-0.1, -0.05) is 5.92 Å². The van der Waals surface area contributed by atoms with Crippen molar-refractivity contribution in [3.63, 3.8) is 0 Å². The molecule has 0 radical (unpaired) electrons. The van der Waals surface area contributed by atoms with Crippen molar-refractivity contribution in [3.8, 4) is 12.3 Å². The normalized spacial score (nSPS) is 32.0. The van der Waals surface area contributed by atoms with E-state index < -0.39 is 0 Å². The van der Waals surface area contributed by atoms with Crippen molar-refractivity contribution in [2.75, 3.05) is 19.6 Å². The SMILES string of the molecule is C#CCNC1(C)CCNC1. The average molecular weight is 138 g/mol. The molecule has 2 nitrogen and oxygen atoms in total. The quantitative estimate of drug-likeness (QED) is 0.523. The highest BCUT2D eigenvalue weighted by Gasteiger charge is 2.26. The van der Waals surface area contributed by atoms with Gasteiger partial charge in [-0.2, -0.15) is 0 Å². The molecule has 0 saturated carbocycles. The Bertz CT molecular complexity index is 140. The monoisotopic (exact) mass is 138 g/mol. The summed E-state index contributed by atoms with van der Waals surface area (Å²) in [7, 11) is 0. The summed E-state index contributed by atoms with van der Waals surface area (Å²) >= 11 is 0. The molecule has 2 N–H and O–H groups in total. The molecule has 0 amide bonds. The maximum Gasteiger partial charge on any atom is 0.0578 e. The lowest BCUT2D eigenvalue weighted by atomic mass is 10.0. The fourth-order valence-electron chi connectivity index (χ4n) is 1.23. The number of hydrogen-bond acceptors (Lipinski definition) is 2. The number of hydrogen-bond donors (Lipinski definition) is 2. The van der Waals surface area contributed by atoms with E-state index in [1.165, 1.54) is 6.42 Å². The molecule has 1 rings (SSSR count). The minimum absolute atomic E-state index is 0.242. The van der Waals surface area contributed by atoms with Crippen LogP contribution in [0.2, 0.25) is 0 Å². The lowest BCUT2D eigenvalue weighted by Crippen LogP contribution is -2.44. The van der Waals surface area contributed by atoms with Crippen LogP contribution in [0.1, 0.15) is 13.3 Å². The first-order valence-electron chi connectivity index (χ1n) is 3.66. The van der Waals surface area contributed by atoms with Crippen molar-refractivity contribution in [1.29, 1.82) is 0 Å². The Kier molecular flexibility index (Phi) is 2.31. The highest BCUT2D eigenvalue weighted by Crippen LogP contribution is 2.11. The van der Waals surface area contributed by atoms with Gasteiger partial charge in [-0.25, -0.2) is 0 Å². The van der Waals surface area contributed by atoms with Crippen LogP contribution in [0.5, 0.6) is 0 Å². The van der Waals surface area contributed by atoms with Crippen molar-refractivity contribution in [1.82, 2.24) is 10.6 Å². The largest absolute Gasteiger partial charge is 0.315 e. The Morgan fingerprint density at radius 3 is 3.10 bits per heavy atom. The van der Waals surface area contributed by atoms with E-state index in [9.17, 15) is 0 Å². The van der Waals surface area contributed by atoms with Crippen LogP contribution in [0.4, 0.5) is 0 Å². The predicted octanol–water partition coefficient (Wildman–Crippen LogP) is -0.0388. The molecular formula is C8H14N2. The Hall–Kier alpha value is -0.520. The van der Waals surface area contributed by atoms with Crippen LogP contribution >= 0.6 is 0 Å². The van der Waals surface area contributed by atoms with E-state index in [1.54, 1.807) is 0 Å². The van der Waals surface area contributed by atoms with Gasteiger partial charge in [-0.15, -0.1) is 6.42 Å². The summed E-state index contributed by atoms with van der Waals surface area (Å²) in [5, 5.41) is 6.60. The molecule has 0 bridgehead atoms. The van der Waals surface area contributed by atoms with Crippen LogP contribution in [0.3, 0.4) is 0 Å². The zero-order valence-electron chi connectivity index (χ0n) is 6.41. The van der Waals surface area contributed by atoms with Gasteiger partial charge in [0.15, 0.2) is 0 Å². The third-order valence-electron chi connectivity index (χ3n) is 1.99. The molecule has 0 aromatic rings. The van der Waals surface area contributed by atoms with Gasteiger partial charge < -0.3 is 5.32 Å². The Morgan fingerprint density at radius 1 is 1.80 bits per heavy atom. The van der Waals surface area contributed by atoms with Gasteiger partial charge in [0.05, 0.1) is 6.54 Å². The molecule has 1 atom stereocenters. The zero-order chi connectivity index (χ0) is 7.45. The number of rotatable bonds is 2. The number of nitrogens with one attached hydrogen (secondary N) is 2. The van der Waals surface area contributed by atoms with Gasteiger partial charge in [0, 0.05) is 12.1 Å². The second-order valence-corrected chi connectivity index (χ2v) is 3.05. The summed E-state index contributed by atoms with van der Waals surface area (Å²) in [5.74, 6) is 2.58. The zero-order valence-corrected chi connectivity index (χ0v) is 6.41. The molecule has 56 valence electrons. The van der Waals surface area contributed by atoms with Crippen LogP contribution in [0.15, 0.2) is 0 Å². The van der Waals surface area contributed by atoms with Crippen LogP contribution < -0.4 is 10.6 Å². The van der Waals surface area contributed by atoms with Crippen molar-refractivity contribution in [3.05, 3.63) is 0 Å². The summed E-state index contributed by atoms with van der Waals surface area (Å²) in [6.45, 7) is 5.02. The molecule has 1 aliphatic rings. The Morgan fingerprint density at radius 2 is 2.60 bits per heavy atom. The highest BCUT2D eigenvalue weighted by atomic mass is 15.1. The van der Waals surface area contributed by atoms with Crippen molar-refractivity contribution < 1.29 is 0 Å². The third-order valence-corrected chi connectivity index (χ3v) is 1.99. The molecule has 1 unspecified atom stereocenters. The molecule has 1 saturated heterocycles. The number of terminal acetylenes is 1. The summed E-state index contributed by atoms with van der Waals surface area (Å²) in [5.41, 5.74) is 0.242. The first kappa shape index (κ1) is 7.59. The van der Waals surface area contributed by atoms with Gasteiger partial charge in [0.2, 0.25) is 0 Å². The van der Waals surface area contributed by atoms with E-state index in [4.69, 9.17) is 6.42 Å². The Labute approximate surface area is 62.4 Å². The maximum atomic E-state index is 5.13. The van der Waals surface area contributed by atoms with E-state index in [-0.39, 0.29) is 5.54 Å². The lowest BCUT2D eigenvalue weighted by Gasteiger charge is -2.22. The third kappa shape index (κ3) is 1.73. The van der Waals surface area contributed by atoms with Crippen LogP contribution in [0, 0.1) is 12.3 Å². The van der Waals surface area contributed by atoms with Crippen molar-refractivity contribution in [2.45, 2.75) is 18.9 Å². The minimum Gasteiger partial charge on any atom is -0.315 e. The van der Waals surface area contributed by atoms with Gasteiger partial charge in [0.25, 0.3) is 0 Å². The molecule has 0 spiro atoms. The fraction of sp³-hybridized carbons (Fsp3) is 0.750. The molecule has 0 aromatic heterocycles. The molecule has 0 aromatic carbocycles. The molecular weight excluding hydrogens is 124 g/mol.